The summed E-state index contributed by atoms with van der Waals surface area (Å²) in [6.45, 7) is 9.55. The van der Waals surface area contributed by atoms with Crippen molar-refractivity contribution < 1.29 is 0 Å². The first-order valence-electron chi connectivity index (χ1n) is 5.05. The average molecular weight is 200 g/mol. The predicted octanol–water partition coefficient (Wildman–Crippen LogP) is 2.37. The first-order valence-corrected chi connectivity index (χ1v) is 5.43. The molecule has 2 fully saturated rings. The molecule has 2 rings (SSSR count). The zero-order valence-corrected chi connectivity index (χ0v) is 9.38. The lowest BCUT2D eigenvalue weighted by molar-refractivity contribution is 0.208. The van der Waals surface area contributed by atoms with E-state index in [9.17, 15) is 0 Å². The molecular weight excluding hydrogens is 182 g/mol. The van der Waals surface area contributed by atoms with Gasteiger partial charge in [-0.1, -0.05) is 19.9 Å². The molecule has 1 aliphatic carbocycles. The fourth-order valence-electron chi connectivity index (χ4n) is 3.15. The summed E-state index contributed by atoms with van der Waals surface area (Å²) in [6, 6.07) is 0.653. The van der Waals surface area contributed by atoms with Gasteiger partial charge in [0.2, 0.25) is 0 Å². The lowest BCUT2D eigenvalue weighted by Crippen LogP contribution is -2.37. The molecule has 1 saturated heterocycles. The van der Waals surface area contributed by atoms with E-state index in [1.165, 1.54) is 0 Å². The van der Waals surface area contributed by atoms with Crippen molar-refractivity contribution in [3.8, 4) is 0 Å². The van der Waals surface area contributed by atoms with Crippen LogP contribution in [0.15, 0.2) is 12.7 Å². The molecule has 1 heterocycles. The van der Waals surface area contributed by atoms with Gasteiger partial charge < -0.3 is 4.90 Å². The van der Waals surface area contributed by atoms with E-state index in [4.69, 9.17) is 11.6 Å². The van der Waals surface area contributed by atoms with Gasteiger partial charge in [-0.05, 0) is 13.0 Å². The summed E-state index contributed by atoms with van der Waals surface area (Å²) >= 11 is 6.46. The van der Waals surface area contributed by atoms with Crippen LogP contribution in [0.2, 0.25) is 0 Å². The fraction of sp³-hybridized carbons (Fsp3) is 0.818. The first-order chi connectivity index (χ1) is 6.02. The third-order valence-corrected chi connectivity index (χ3v) is 4.45. The molecule has 0 bridgehead atoms. The molecule has 0 aromatic carbocycles. The van der Waals surface area contributed by atoms with Crippen molar-refractivity contribution in [1.29, 1.82) is 0 Å². The first kappa shape index (κ1) is 9.54. The van der Waals surface area contributed by atoms with Crippen LogP contribution in [0.1, 0.15) is 13.8 Å². The van der Waals surface area contributed by atoms with Crippen molar-refractivity contribution in [2.75, 3.05) is 13.6 Å². The molecule has 74 valence electrons. The number of piperidine rings is 1. The van der Waals surface area contributed by atoms with Crippen LogP contribution in [0.5, 0.6) is 0 Å². The Hall–Kier alpha value is -0.0100. The molecule has 3 unspecified atom stereocenters. The smallest absolute Gasteiger partial charge is 0.0714 e. The van der Waals surface area contributed by atoms with Gasteiger partial charge in [-0.3, -0.25) is 0 Å². The molecule has 0 N–H and O–H groups in total. The summed E-state index contributed by atoms with van der Waals surface area (Å²) < 4.78 is 0. The monoisotopic (exact) mass is 199 g/mol. The highest BCUT2D eigenvalue weighted by Crippen LogP contribution is 2.64. The second kappa shape index (κ2) is 2.74. The number of likely N-dealkylation sites (tertiary alicyclic amines) is 1. The Morgan fingerprint density at radius 2 is 2.23 bits per heavy atom. The van der Waals surface area contributed by atoms with Gasteiger partial charge in [-0.15, -0.1) is 18.2 Å². The van der Waals surface area contributed by atoms with E-state index in [1.54, 1.807) is 0 Å². The second-order valence-corrected chi connectivity index (χ2v) is 5.49. The molecule has 1 saturated carbocycles. The molecule has 2 aliphatic rings. The number of hydrogen-bond acceptors (Lipinski definition) is 1. The molecule has 4 atom stereocenters. The standard InChI is InChI=1S/C11H18ClN/c1-5-11(12)8-6-13(4)10(7(2)3)9(8)11/h5,7-10H,1,6H2,2-4H3/t8?,9?,10-,11?/m1/s1. The molecule has 0 aromatic rings. The molecular formula is C11H18ClN. The van der Waals surface area contributed by atoms with Crippen molar-refractivity contribution in [3.05, 3.63) is 12.7 Å². The maximum Gasteiger partial charge on any atom is 0.0714 e. The van der Waals surface area contributed by atoms with E-state index in [2.05, 4.69) is 32.4 Å². The van der Waals surface area contributed by atoms with E-state index in [1.807, 2.05) is 6.08 Å². The molecule has 0 radical (unpaired) electrons. The average Bonchev–Trinajstić information content (AvgIpc) is 2.47. The van der Waals surface area contributed by atoms with Gasteiger partial charge in [0, 0.05) is 24.4 Å². The predicted molar refractivity (Wildman–Crippen MR) is 57.0 cm³/mol. The van der Waals surface area contributed by atoms with Crippen molar-refractivity contribution in [2.45, 2.75) is 24.8 Å². The van der Waals surface area contributed by atoms with Crippen LogP contribution >= 0.6 is 11.6 Å². The molecule has 0 spiro atoms. The van der Waals surface area contributed by atoms with E-state index >= 15 is 0 Å². The van der Waals surface area contributed by atoms with Crippen LogP contribution in [-0.2, 0) is 0 Å². The van der Waals surface area contributed by atoms with Gasteiger partial charge in [0.15, 0.2) is 0 Å². The minimum absolute atomic E-state index is 0.0680. The van der Waals surface area contributed by atoms with Gasteiger partial charge in [0.25, 0.3) is 0 Å². The van der Waals surface area contributed by atoms with E-state index < -0.39 is 0 Å². The lowest BCUT2D eigenvalue weighted by atomic mass is 9.98. The number of rotatable bonds is 2. The van der Waals surface area contributed by atoms with Crippen LogP contribution in [-0.4, -0.2) is 29.4 Å². The van der Waals surface area contributed by atoms with Gasteiger partial charge in [0.1, 0.15) is 0 Å². The van der Waals surface area contributed by atoms with Crippen molar-refractivity contribution >= 4 is 11.6 Å². The van der Waals surface area contributed by atoms with Crippen molar-refractivity contribution in [1.82, 2.24) is 4.90 Å². The highest BCUT2D eigenvalue weighted by molar-refractivity contribution is 6.28. The maximum absolute atomic E-state index is 6.46. The fourth-order valence-corrected chi connectivity index (χ4v) is 3.57. The van der Waals surface area contributed by atoms with Crippen LogP contribution in [0.25, 0.3) is 0 Å². The quantitative estimate of drug-likeness (QED) is 0.488. The van der Waals surface area contributed by atoms with Crippen LogP contribution in [0, 0.1) is 17.8 Å². The Kier molecular flexibility index (Phi) is 2.01. The number of alkyl halides is 1. The largest absolute Gasteiger partial charge is 0.302 e. The minimum Gasteiger partial charge on any atom is -0.302 e. The number of hydrogen-bond donors (Lipinski definition) is 0. The van der Waals surface area contributed by atoms with Gasteiger partial charge in [-0.25, -0.2) is 0 Å². The molecule has 2 heteroatoms. The topological polar surface area (TPSA) is 3.24 Å². The molecule has 1 aliphatic heterocycles. The van der Waals surface area contributed by atoms with Crippen molar-refractivity contribution in [3.63, 3.8) is 0 Å². The zero-order valence-electron chi connectivity index (χ0n) is 8.63. The molecule has 13 heavy (non-hydrogen) atoms. The molecule has 0 aromatic heterocycles. The summed E-state index contributed by atoms with van der Waals surface area (Å²) in [5.74, 6) is 2.00. The summed E-state index contributed by atoms with van der Waals surface area (Å²) in [7, 11) is 2.21. The maximum atomic E-state index is 6.46. The highest BCUT2D eigenvalue weighted by Gasteiger charge is 2.69. The number of allylic oxidation sites excluding steroid dienone is 1. The van der Waals surface area contributed by atoms with E-state index in [0.29, 0.717) is 23.8 Å². The normalized spacial score (nSPS) is 49.5. The number of halogens is 1. The highest BCUT2D eigenvalue weighted by atomic mass is 35.5. The Morgan fingerprint density at radius 1 is 1.62 bits per heavy atom. The van der Waals surface area contributed by atoms with Gasteiger partial charge in [-0.2, -0.15) is 0 Å². The number of nitrogens with zero attached hydrogens (tertiary/aromatic N) is 1. The van der Waals surface area contributed by atoms with Crippen LogP contribution < -0.4 is 0 Å². The van der Waals surface area contributed by atoms with Crippen LogP contribution in [0.3, 0.4) is 0 Å². The molecule has 1 nitrogen and oxygen atoms in total. The SMILES string of the molecule is C=CC1(Cl)C2CN(C)[C@H](C(C)C)C21. The number of fused-ring (bicyclic) bond motifs is 1. The summed E-state index contributed by atoms with van der Waals surface area (Å²) in [4.78, 5) is 2.38. The van der Waals surface area contributed by atoms with Gasteiger partial charge in [0.05, 0.1) is 4.87 Å². The zero-order chi connectivity index (χ0) is 9.80. The van der Waals surface area contributed by atoms with Crippen molar-refractivity contribution in [2.24, 2.45) is 17.8 Å². The van der Waals surface area contributed by atoms with Crippen LogP contribution in [0.4, 0.5) is 0 Å². The Labute approximate surface area is 85.8 Å². The minimum atomic E-state index is -0.0680. The Morgan fingerprint density at radius 3 is 2.69 bits per heavy atom. The molecule has 0 amide bonds. The Bertz CT molecular complexity index is 238. The third kappa shape index (κ3) is 1.10. The van der Waals surface area contributed by atoms with Gasteiger partial charge >= 0.3 is 0 Å². The van der Waals surface area contributed by atoms with E-state index in [-0.39, 0.29) is 4.87 Å². The lowest BCUT2D eigenvalue weighted by Gasteiger charge is -2.29. The second-order valence-electron chi connectivity index (χ2n) is 4.84. The Balaban J connectivity index is 2.17. The van der Waals surface area contributed by atoms with E-state index in [0.717, 1.165) is 6.54 Å². The summed E-state index contributed by atoms with van der Waals surface area (Å²) in [5, 5.41) is 0. The third-order valence-electron chi connectivity index (χ3n) is 3.76. The summed E-state index contributed by atoms with van der Waals surface area (Å²) in [5.41, 5.74) is 0. The summed E-state index contributed by atoms with van der Waals surface area (Å²) in [6.07, 6.45) is 1.95.